The van der Waals surface area contributed by atoms with Crippen molar-refractivity contribution < 1.29 is 8.78 Å². The zero-order chi connectivity index (χ0) is 20.1. The highest BCUT2D eigenvalue weighted by Gasteiger charge is 2.19. The maximum absolute atomic E-state index is 15.1. The van der Waals surface area contributed by atoms with Crippen LogP contribution in [0.2, 0.25) is 0 Å². The molecule has 0 radical (unpaired) electrons. The molecule has 0 spiro atoms. The first-order valence-electron chi connectivity index (χ1n) is 9.53. The number of imidazole rings is 1. The van der Waals surface area contributed by atoms with Crippen LogP contribution in [0.5, 0.6) is 0 Å². The largest absolute Gasteiger partial charge is 0.369 e. The Hall–Kier alpha value is -3.20. The normalized spacial score (nSPS) is 14.8. The predicted molar refractivity (Wildman–Crippen MR) is 109 cm³/mol. The fourth-order valence-electron chi connectivity index (χ4n) is 3.90. The molecule has 0 unspecified atom stereocenters. The Labute approximate surface area is 165 Å². The van der Waals surface area contributed by atoms with Crippen LogP contribution < -0.4 is 15.5 Å². The van der Waals surface area contributed by atoms with Gasteiger partial charge >= 0.3 is 0 Å². The van der Waals surface area contributed by atoms with Gasteiger partial charge in [-0.15, -0.1) is 0 Å². The Morgan fingerprint density at radius 1 is 1.07 bits per heavy atom. The zero-order valence-electron chi connectivity index (χ0n) is 16.2. The van der Waals surface area contributed by atoms with Gasteiger partial charge in [-0.05, 0) is 19.1 Å². The van der Waals surface area contributed by atoms with Crippen LogP contribution >= 0.6 is 0 Å². The van der Waals surface area contributed by atoms with Crippen molar-refractivity contribution >= 4 is 33.7 Å². The van der Waals surface area contributed by atoms with Crippen LogP contribution in [0.25, 0.3) is 16.6 Å². The molecule has 0 saturated carbocycles. The maximum Gasteiger partial charge on any atom is 0.173 e. The quantitative estimate of drug-likeness (QED) is 0.557. The van der Waals surface area contributed by atoms with Crippen LogP contribution in [0.4, 0.5) is 26.0 Å². The smallest absolute Gasteiger partial charge is 0.173 e. The van der Waals surface area contributed by atoms with Gasteiger partial charge in [-0.25, -0.2) is 13.8 Å². The molecule has 1 fully saturated rings. The second-order valence-electron chi connectivity index (χ2n) is 7.35. The average molecular weight is 397 g/mol. The summed E-state index contributed by atoms with van der Waals surface area (Å²) < 4.78 is 32.7. The van der Waals surface area contributed by atoms with Gasteiger partial charge < -0.3 is 19.9 Å². The number of rotatable bonds is 3. The van der Waals surface area contributed by atoms with Gasteiger partial charge in [-0.1, -0.05) is 0 Å². The van der Waals surface area contributed by atoms with Crippen molar-refractivity contribution in [3.63, 3.8) is 0 Å². The zero-order valence-corrected chi connectivity index (χ0v) is 16.2. The number of fused-ring (bicyclic) bond motifs is 2. The van der Waals surface area contributed by atoms with E-state index in [0.29, 0.717) is 22.4 Å². The van der Waals surface area contributed by atoms with Gasteiger partial charge in [0, 0.05) is 57.4 Å². The molecule has 7 nitrogen and oxygen atoms in total. The van der Waals surface area contributed by atoms with Crippen molar-refractivity contribution in [1.29, 1.82) is 0 Å². The second kappa shape index (κ2) is 6.70. The van der Waals surface area contributed by atoms with Gasteiger partial charge in [-0.2, -0.15) is 5.10 Å². The van der Waals surface area contributed by atoms with E-state index in [0.717, 1.165) is 37.6 Å². The second-order valence-corrected chi connectivity index (χ2v) is 7.35. The van der Waals surface area contributed by atoms with Crippen molar-refractivity contribution in [3.05, 3.63) is 47.9 Å². The Morgan fingerprint density at radius 3 is 2.66 bits per heavy atom. The van der Waals surface area contributed by atoms with E-state index in [1.807, 2.05) is 6.07 Å². The summed E-state index contributed by atoms with van der Waals surface area (Å²) in [6, 6.07) is 4.80. The summed E-state index contributed by atoms with van der Waals surface area (Å²) in [5, 5.41) is 11.3. The van der Waals surface area contributed by atoms with Gasteiger partial charge in [0.05, 0.1) is 22.3 Å². The topological polar surface area (TPSA) is 62.4 Å². The SMILES string of the molecule is Cc1cn2cc(Nc3c4c(F)cc(N5CCNCC5)cc4nn3C)cc(F)c2n1. The monoisotopic (exact) mass is 397 g/mol. The summed E-state index contributed by atoms with van der Waals surface area (Å²) in [6.07, 6.45) is 3.47. The molecule has 1 aliphatic rings. The molecule has 4 aromatic rings. The van der Waals surface area contributed by atoms with Crippen LogP contribution in [-0.4, -0.2) is 45.3 Å². The number of aromatic nitrogens is 4. The molecule has 4 heterocycles. The van der Waals surface area contributed by atoms with Crippen molar-refractivity contribution in [1.82, 2.24) is 24.5 Å². The molecule has 150 valence electrons. The van der Waals surface area contributed by atoms with E-state index in [2.05, 4.69) is 25.6 Å². The van der Waals surface area contributed by atoms with Gasteiger partial charge in [0.15, 0.2) is 11.5 Å². The molecule has 3 aromatic heterocycles. The van der Waals surface area contributed by atoms with Crippen molar-refractivity contribution in [2.24, 2.45) is 7.05 Å². The summed E-state index contributed by atoms with van der Waals surface area (Å²) in [5.74, 6) is -0.331. The number of nitrogens with one attached hydrogen (secondary N) is 2. The van der Waals surface area contributed by atoms with E-state index in [4.69, 9.17) is 0 Å². The Balaban J connectivity index is 1.56. The van der Waals surface area contributed by atoms with Crippen LogP contribution in [0.3, 0.4) is 0 Å². The van der Waals surface area contributed by atoms with Crippen LogP contribution in [-0.2, 0) is 7.05 Å². The standard InChI is InChI=1S/C20H21F2N7/c1-12-10-29-11-13(7-16(22)19(29)24-12)25-20-18-15(21)8-14(9-17(18)26-27(20)2)28-5-3-23-4-6-28/h7-11,23,25H,3-6H2,1-2H3. The number of nitrogens with zero attached hydrogens (tertiary/aromatic N) is 5. The molecule has 0 bridgehead atoms. The van der Waals surface area contributed by atoms with E-state index in [9.17, 15) is 4.39 Å². The molecule has 9 heteroatoms. The molecule has 29 heavy (non-hydrogen) atoms. The first-order chi connectivity index (χ1) is 14.0. The highest BCUT2D eigenvalue weighted by molar-refractivity contribution is 5.94. The van der Waals surface area contributed by atoms with E-state index < -0.39 is 5.82 Å². The van der Waals surface area contributed by atoms with Crippen molar-refractivity contribution in [2.75, 3.05) is 36.4 Å². The number of anilines is 3. The minimum Gasteiger partial charge on any atom is -0.369 e. The third-order valence-corrected chi connectivity index (χ3v) is 5.24. The van der Waals surface area contributed by atoms with Crippen molar-refractivity contribution in [3.8, 4) is 0 Å². The fraction of sp³-hybridized carbons (Fsp3) is 0.300. The van der Waals surface area contributed by atoms with Gasteiger partial charge in [0.2, 0.25) is 0 Å². The molecule has 0 amide bonds. The number of halogens is 2. The van der Waals surface area contributed by atoms with Crippen molar-refractivity contribution in [2.45, 2.75) is 6.92 Å². The molecule has 0 aliphatic carbocycles. The van der Waals surface area contributed by atoms with Gasteiger partial charge in [0.25, 0.3) is 0 Å². The summed E-state index contributed by atoms with van der Waals surface area (Å²) in [6.45, 7) is 5.20. The van der Waals surface area contributed by atoms with E-state index in [1.54, 1.807) is 41.5 Å². The molecular formula is C20H21F2N7. The number of benzene rings is 1. The third kappa shape index (κ3) is 3.07. The Bertz CT molecular complexity index is 1220. The molecule has 1 aliphatic heterocycles. The molecular weight excluding hydrogens is 376 g/mol. The van der Waals surface area contributed by atoms with Gasteiger partial charge in [0.1, 0.15) is 11.6 Å². The number of pyridine rings is 1. The minimum atomic E-state index is -0.448. The number of hydrogen-bond donors (Lipinski definition) is 2. The van der Waals surface area contributed by atoms with E-state index in [1.165, 1.54) is 6.07 Å². The van der Waals surface area contributed by atoms with Crippen LogP contribution in [0, 0.1) is 18.6 Å². The van der Waals surface area contributed by atoms with Gasteiger partial charge in [-0.3, -0.25) is 4.68 Å². The number of hydrogen-bond acceptors (Lipinski definition) is 5. The van der Waals surface area contributed by atoms with Crippen LogP contribution in [0.15, 0.2) is 30.6 Å². The molecule has 1 saturated heterocycles. The molecule has 2 N–H and O–H groups in total. The lowest BCUT2D eigenvalue weighted by Crippen LogP contribution is -2.43. The van der Waals surface area contributed by atoms with E-state index >= 15 is 4.39 Å². The summed E-state index contributed by atoms with van der Waals surface area (Å²) >= 11 is 0. The lowest BCUT2D eigenvalue weighted by Gasteiger charge is -2.29. The minimum absolute atomic E-state index is 0.259. The highest BCUT2D eigenvalue weighted by atomic mass is 19.1. The molecule has 1 aromatic carbocycles. The average Bonchev–Trinajstić information content (AvgIpc) is 3.22. The number of piperazine rings is 1. The first-order valence-corrected chi connectivity index (χ1v) is 9.53. The first kappa shape index (κ1) is 17.9. The number of aryl methyl sites for hydroxylation is 2. The predicted octanol–water partition coefficient (Wildman–Crippen LogP) is 2.96. The summed E-state index contributed by atoms with van der Waals surface area (Å²) in [7, 11) is 1.74. The fourth-order valence-corrected chi connectivity index (χ4v) is 3.90. The Morgan fingerprint density at radius 2 is 1.86 bits per heavy atom. The molecule has 0 atom stereocenters. The third-order valence-electron chi connectivity index (χ3n) is 5.24. The molecule has 5 rings (SSSR count). The summed E-state index contributed by atoms with van der Waals surface area (Å²) in [4.78, 5) is 6.30. The maximum atomic E-state index is 15.1. The van der Waals surface area contributed by atoms with Crippen LogP contribution in [0.1, 0.15) is 5.69 Å². The lowest BCUT2D eigenvalue weighted by molar-refractivity contribution is 0.586. The lowest BCUT2D eigenvalue weighted by atomic mass is 10.2. The summed E-state index contributed by atoms with van der Waals surface area (Å²) in [5.41, 5.74) is 2.85. The van der Waals surface area contributed by atoms with E-state index in [-0.39, 0.29) is 11.5 Å². The highest BCUT2D eigenvalue weighted by Crippen LogP contribution is 2.32. The Kier molecular flexibility index (Phi) is 4.13.